The minimum Gasteiger partial charge on any atom is -0.379 e. The summed E-state index contributed by atoms with van der Waals surface area (Å²) in [6.07, 6.45) is 0. The van der Waals surface area contributed by atoms with Crippen LogP contribution in [0.5, 0.6) is 0 Å². The van der Waals surface area contributed by atoms with Crippen molar-refractivity contribution in [3.8, 4) is 0 Å². The number of sulfonamides is 1. The molecule has 6 nitrogen and oxygen atoms in total. The molecule has 0 radical (unpaired) electrons. The summed E-state index contributed by atoms with van der Waals surface area (Å²) >= 11 is 5.98. The smallest absolute Gasteiger partial charge is 0.253 e. The van der Waals surface area contributed by atoms with Crippen LogP contribution in [0.2, 0.25) is 5.02 Å². The number of amides is 1. The van der Waals surface area contributed by atoms with E-state index in [9.17, 15) is 17.6 Å². The quantitative estimate of drug-likeness (QED) is 0.818. The Morgan fingerprint density at radius 2 is 1.85 bits per heavy atom. The molecule has 1 saturated heterocycles. The molecule has 1 N–H and O–H groups in total. The molecule has 0 saturated carbocycles. The van der Waals surface area contributed by atoms with E-state index < -0.39 is 26.6 Å². The summed E-state index contributed by atoms with van der Waals surface area (Å²) < 4.78 is 46.1. The fourth-order valence-corrected chi connectivity index (χ4v) is 4.42. The molecule has 1 amide bonds. The van der Waals surface area contributed by atoms with Crippen molar-refractivity contribution in [2.75, 3.05) is 26.3 Å². The Morgan fingerprint density at radius 3 is 2.52 bits per heavy atom. The van der Waals surface area contributed by atoms with Gasteiger partial charge in [0, 0.05) is 19.6 Å². The third kappa shape index (κ3) is 4.47. The fourth-order valence-electron chi connectivity index (χ4n) is 2.70. The molecular formula is C18H18ClFN2O4S. The van der Waals surface area contributed by atoms with Crippen molar-refractivity contribution in [1.82, 2.24) is 9.62 Å². The maximum absolute atomic E-state index is 14.3. The molecular weight excluding hydrogens is 395 g/mol. The van der Waals surface area contributed by atoms with Crippen LogP contribution in [0.25, 0.3) is 0 Å². The molecule has 1 aliphatic rings. The summed E-state index contributed by atoms with van der Waals surface area (Å²) in [5.41, 5.74) is 0.770. The fraction of sp³-hybridized carbons (Fsp3) is 0.278. The standard InChI is InChI=1S/C18H18ClFN2O4S/c19-15-11-16(20)17(27(24,25)22-6-8-26-9-7-22)10-14(15)18(23)21-12-13-4-2-1-3-5-13/h1-5,10-11H,6-9,12H2,(H,21,23). The number of rotatable bonds is 5. The predicted molar refractivity (Wildman–Crippen MR) is 98.6 cm³/mol. The molecule has 0 aromatic heterocycles. The van der Waals surface area contributed by atoms with Gasteiger partial charge in [-0.3, -0.25) is 4.79 Å². The number of nitrogens with one attached hydrogen (secondary N) is 1. The van der Waals surface area contributed by atoms with Crippen LogP contribution in [-0.2, 0) is 21.3 Å². The van der Waals surface area contributed by atoms with Gasteiger partial charge in [-0.25, -0.2) is 12.8 Å². The molecule has 0 bridgehead atoms. The lowest BCUT2D eigenvalue weighted by Crippen LogP contribution is -2.41. The average Bonchev–Trinajstić information content (AvgIpc) is 2.67. The van der Waals surface area contributed by atoms with E-state index in [0.717, 1.165) is 22.0 Å². The Labute approximate surface area is 161 Å². The Hall–Kier alpha value is -2.00. The summed E-state index contributed by atoms with van der Waals surface area (Å²) in [4.78, 5) is 11.9. The number of carbonyl (C=O) groups excluding carboxylic acids is 1. The van der Waals surface area contributed by atoms with Crippen LogP contribution >= 0.6 is 11.6 Å². The molecule has 0 unspecified atom stereocenters. The van der Waals surface area contributed by atoms with Crippen molar-refractivity contribution >= 4 is 27.5 Å². The summed E-state index contributed by atoms with van der Waals surface area (Å²) in [5, 5.41) is 2.51. The van der Waals surface area contributed by atoms with Gasteiger partial charge in [0.25, 0.3) is 5.91 Å². The number of halogens is 2. The van der Waals surface area contributed by atoms with E-state index in [2.05, 4.69) is 5.32 Å². The number of morpholine rings is 1. The number of carbonyl (C=O) groups is 1. The highest BCUT2D eigenvalue weighted by Gasteiger charge is 2.30. The predicted octanol–water partition coefficient (Wildman–Crippen LogP) is 2.43. The first-order valence-corrected chi connectivity index (χ1v) is 10.1. The van der Waals surface area contributed by atoms with Crippen LogP contribution in [0.3, 0.4) is 0 Å². The third-order valence-corrected chi connectivity index (χ3v) is 6.38. The second kappa shape index (κ2) is 8.35. The number of hydrogen-bond donors (Lipinski definition) is 1. The highest BCUT2D eigenvalue weighted by Crippen LogP contribution is 2.27. The monoisotopic (exact) mass is 412 g/mol. The molecule has 27 heavy (non-hydrogen) atoms. The van der Waals surface area contributed by atoms with Gasteiger partial charge >= 0.3 is 0 Å². The Morgan fingerprint density at radius 1 is 1.19 bits per heavy atom. The molecule has 144 valence electrons. The summed E-state index contributed by atoms with van der Waals surface area (Å²) in [7, 11) is -4.09. The Kier molecular flexibility index (Phi) is 6.11. The van der Waals surface area contributed by atoms with Crippen LogP contribution < -0.4 is 5.32 Å². The van der Waals surface area contributed by atoms with E-state index in [0.29, 0.717) is 0 Å². The van der Waals surface area contributed by atoms with Crippen molar-refractivity contribution in [2.45, 2.75) is 11.4 Å². The molecule has 2 aromatic rings. The number of hydrogen-bond acceptors (Lipinski definition) is 4. The highest BCUT2D eigenvalue weighted by molar-refractivity contribution is 7.89. The van der Waals surface area contributed by atoms with Crippen molar-refractivity contribution < 1.29 is 22.3 Å². The van der Waals surface area contributed by atoms with E-state index in [1.165, 1.54) is 0 Å². The minimum atomic E-state index is -4.09. The van der Waals surface area contributed by atoms with Gasteiger partial charge in [-0.05, 0) is 17.7 Å². The zero-order valence-corrected chi connectivity index (χ0v) is 15.9. The van der Waals surface area contributed by atoms with Crippen molar-refractivity contribution in [3.63, 3.8) is 0 Å². The van der Waals surface area contributed by atoms with Crippen LogP contribution in [-0.4, -0.2) is 44.9 Å². The van der Waals surface area contributed by atoms with Crippen LogP contribution in [0.1, 0.15) is 15.9 Å². The third-order valence-electron chi connectivity index (χ3n) is 4.15. The van der Waals surface area contributed by atoms with Crippen molar-refractivity contribution in [2.24, 2.45) is 0 Å². The van der Waals surface area contributed by atoms with Crippen LogP contribution in [0.4, 0.5) is 4.39 Å². The lowest BCUT2D eigenvalue weighted by atomic mass is 10.2. The minimum absolute atomic E-state index is 0.0965. The van der Waals surface area contributed by atoms with Gasteiger partial charge in [-0.1, -0.05) is 41.9 Å². The van der Waals surface area contributed by atoms with Crippen molar-refractivity contribution in [3.05, 3.63) is 64.4 Å². The zero-order valence-electron chi connectivity index (χ0n) is 14.3. The molecule has 9 heteroatoms. The number of nitrogens with zero attached hydrogens (tertiary/aromatic N) is 1. The first-order valence-electron chi connectivity index (χ1n) is 8.28. The maximum Gasteiger partial charge on any atom is 0.253 e. The SMILES string of the molecule is O=C(NCc1ccccc1)c1cc(S(=O)(=O)N2CCOCC2)c(F)cc1Cl. The van der Waals surface area contributed by atoms with Crippen LogP contribution in [0.15, 0.2) is 47.4 Å². The lowest BCUT2D eigenvalue weighted by Gasteiger charge is -2.26. The van der Waals surface area contributed by atoms with Gasteiger partial charge in [-0.15, -0.1) is 0 Å². The molecule has 0 aliphatic carbocycles. The molecule has 1 aliphatic heterocycles. The Bertz CT molecular complexity index is 932. The number of benzene rings is 2. The van der Waals surface area contributed by atoms with E-state index in [1.54, 1.807) is 0 Å². The molecule has 0 spiro atoms. The second-order valence-corrected chi connectivity index (χ2v) is 8.26. The molecule has 0 atom stereocenters. The average molecular weight is 413 g/mol. The lowest BCUT2D eigenvalue weighted by molar-refractivity contribution is 0.0729. The molecule has 1 fully saturated rings. The molecule has 2 aromatic carbocycles. The van der Waals surface area contributed by atoms with Gasteiger partial charge in [0.15, 0.2) is 0 Å². The van der Waals surface area contributed by atoms with E-state index in [4.69, 9.17) is 16.3 Å². The van der Waals surface area contributed by atoms with Gasteiger partial charge < -0.3 is 10.1 Å². The largest absolute Gasteiger partial charge is 0.379 e. The van der Waals surface area contributed by atoms with Gasteiger partial charge in [0.2, 0.25) is 10.0 Å². The normalized spacial score (nSPS) is 15.5. The van der Waals surface area contributed by atoms with Gasteiger partial charge in [-0.2, -0.15) is 4.31 Å². The van der Waals surface area contributed by atoms with Gasteiger partial charge in [0.05, 0.1) is 23.8 Å². The van der Waals surface area contributed by atoms with E-state index in [1.807, 2.05) is 30.3 Å². The highest BCUT2D eigenvalue weighted by atomic mass is 35.5. The second-order valence-electron chi connectivity index (χ2n) is 5.95. The first-order chi connectivity index (χ1) is 12.9. The maximum atomic E-state index is 14.3. The van der Waals surface area contributed by atoms with E-state index >= 15 is 0 Å². The van der Waals surface area contributed by atoms with Crippen molar-refractivity contribution in [1.29, 1.82) is 0 Å². The summed E-state index contributed by atoms with van der Waals surface area (Å²) in [6.45, 7) is 0.955. The van der Waals surface area contributed by atoms with Gasteiger partial charge in [0.1, 0.15) is 10.7 Å². The molecule has 3 rings (SSSR count). The Balaban J connectivity index is 1.86. The number of ether oxygens (including phenoxy) is 1. The zero-order chi connectivity index (χ0) is 19.4. The molecule has 1 heterocycles. The summed E-state index contributed by atoms with van der Waals surface area (Å²) in [6, 6.07) is 11.0. The topological polar surface area (TPSA) is 75.7 Å². The van der Waals surface area contributed by atoms with E-state index in [-0.39, 0.29) is 43.4 Å². The first kappa shape index (κ1) is 19.8. The summed E-state index contributed by atoms with van der Waals surface area (Å²) in [5.74, 6) is -1.58. The van der Waals surface area contributed by atoms with Crippen LogP contribution in [0, 0.1) is 5.82 Å².